The quantitative estimate of drug-likeness (QED) is 0.802. The van der Waals surface area contributed by atoms with Crippen LogP contribution in [-0.4, -0.2) is 33.9 Å². The second kappa shape index (κ2) is 7.23. The summed E-state index contributed by atoms with van der Waals surface area (Å²) in [5.74, 6) is 0. The summed E-state index contributed by atoms with van der Waals surface area (Å²) in [7, 11) is 0. The van der Waals surface area contributed by atoms with E-state index in [9.17, 15) is 4.79 Å². The van der Waals surface area contributed by atoms with Crippen LogP contribution in [0.1, 0.15) is 35.8 Å². The first-order valence-electron chi connectivity index (χ1n) is 7.79. The van der Waals surface area contributed by atoms with Gasteiger partial charge in [-0.2, -0.15) is 5.10 Å². The Labute approximate surface area is 134 Å². The summed E-state index contributed by atoms with van der Waals surface area (Å²) >= 11 is 0. The van der Waals surface area contributed by atoms with Gasteiger partial charge >= 0.3 is 6.03 Å². The number of aryl methyl sites for hydroxylation is 1. The highest BCUT2D eigenvalue weighted by Crippen LogP contribution is 2.27. The molecule has 0 radical (unpaired) electrons. The van der Waals surface area contributed by atoms with Gasteiger partial charge in [0.05, 0.1) is 12.2 Å². The molecule has 2 atom stereocenters. The van der Waals surface area contributed by atoms with Gasteiger partial charge < -0.3 is 15.4 Å². The molecule has 0 unspecified atom stereocenters. The van der Waals surface area contributed by atoms with Gasteiger partial charge in [0.25, 0.3) is 0 Å². The predicted molar refractivity (Wildman–Crippen MR) is 84.6 cm³/mol. The molecule has 0 spiro atoms. The summed E-state index contributed by atoms with van der Waals surface area (Å²) in [6.45, 7) is 3.08. The molecule has 0 bridgehead atoms. The zero-order chi connectivity index (χ0) is 16.1. The van der Waals surface area contributed by atoms with Gasteiger partial charge in [-0.15, -0.1) is 0 Å². The van der Waals surface area contributed by atoms with Gasteiger partial charge in [0.15, 0.2) is 0 Å². The Hall–Kier alpha value is -2.41. The van der Waals surface area contributed by atoms with E-state index in [-0.39, 0.29) is 18.2 Å². The summed E-state index contributed by atoms with van der Waals surface area (Å²) < 4.78 is 5.86. The Morgan fingerprint density at radius 3 is 3.00 bits per heavy atom. The number of pyridine rings is 1. The molecule has 2 aromatic heterocycles. The van der Waals surface area contributed by atoms with Crippen molar-refractivity contribution in [3.8, 4) is 0 Å². The Morgan fingerprint density at radius 2 is 2.26 bits per heavy atom. The molecule has 2 aromatic rings. The van der Waals surface area contributed by atoms with Crippen molar-refractivity contribution >= 4 is 6.03 Å². The smallest absolute Gasteiger partial charge is 0.315 e. The SMILES string of the molecule is Cc1[nH]ncc1CNC(=O)N[C@H]1CCCO[C@@H]1c1ccncc1. The monoisotopic (exact) mass is 315 g/mol. The molecule has 1 aliphatic rings. The van der Waals surface area contributed by atoms with Crippen molar-refractivity contribution in [1.29, 1.82) is 0 Å². The van der Waals surface area contributed by atoms with Crippen molar-refractivity contribution in [2.45, 2.75) is 38.5 Å². The van der Waals surface area contributed by atoms with Crippen LogP contribution < -0.4 is 10.6 Å². The molecule has 2 amide bonds. The minimum absolute atomic E-state index is 0.0448. The Balaban J connectivity index is 1.58. The average molecular weight is 315 g/mol. The Morgan fingerprint density at radius 1 is 1.43 bits per heavy atom. The van der Waals surface area contributed by atoms with Crippen LogP contribution >= 0.6 is 0 Å². The van der Waals surface area contributed by atoms with Crippen molar-refractivity contribution in [2.24, 2.45) is 0 Å². The van der Waals surface area contributed by atoms with Crippen LogP contribution in [0.2, 0.25) is 0 Å². The van der Waals surface area contributed by atoms with Crippen LogP contribution in [0.5, 0.6) is 0 Å². The van der Waals surface area contributed by atoms with Crippen LogP contribution in [0, 0.1) is 6.92 Å². The molecule has 1 aliphatic heterocycles. The van der Waals surface area contributed by atoms with E-state index in [1.807, 2.05) is 19.1 Å². The number of urea groups is 1. The minimum Gasteiger partial charge on any atom is -0.371 e. The first-order valence-corrected chi connectivity index (χ1v) is 7.79. The molecule has 0 aliphatic carbocycles. The predicted octanol–water partition coefficient (Wildman–Crippen LogP) is 1.83. The molecule has 0 aromatic carbocycles. The molecule has 7 heteroatoms. The third kappa shape index (κ3) is 3.87. The number of rotatable bonds is 4. The lowest BCUT2D eigenvalue weighted by Gasteiger charge is -2.32. The van der Waals surface area contributed by atoms with E-state index in [2.05, 4.69) is 25.8 Å². The van der Waals surface area contributed by atoms with Gasteiger partial charge in [-0.05, 0) is 37.5 Å². The fourth-order valence-electron chi connectivity index (χ4n) is 2.76. The van der Waals surface area contributed by atoms with E-state index >= 15 is 0 Å². The number of ether oxygens (including phenoxy) is 1. The highest BCUT2D eigenvalue weighted by atomic mass is 16.5. The largest absolute Gasteiger partial charge is 0.371 e. The number of amides is 2. The lowest BCUT2D eigenvalue weighted by atomic mass is 9.97. The molecule has 122 valence electrons. The van der Waals surface area contributed by atoms with Gasteiger partial charge in [0.2, 0.25) is 0 Å². The van der Waals surface area contributed by atoms with Crippen molar-refractivity contribution in [3.63, 3.8) is 0 Å². The zero-order valence-electron chi connectivity index (χ0n) is 13.1. The summed E-state index contributed by atoms with van der Waals surface area (Å²) in [6.07, 6.45) is 6.91. The van der Waals surface area contributed by atoms with Gasteiger partial charge in [-0.25, -0.2) is 4.79 Å². The number of carbonyl (C=O) groups excluding carboxylic acids is 1. The number of carbonyl (C=O) groups is 1. The highest BCUT2D eigenvalue weighted by molar-refractivity contribution is 5.74. The van der Waals surface area contributed by atoms with Crippen LogP contribution in [0.3, 0.4) is 0 Å². The standard InChI is InChI=1S/C16H21N5O2/c1-11-13(10-19-21-11)9-18-16(22)20-14-3-2-8-23-15(14)12-4-6-17-7-5-12/h4-7,10,14-15H,2-3,8-9H2,1H3,(H,19,21)(H2,18,20,22)/t14-,15+/m0/s1. The topological polar surface area (TPSA) is 91.9 Å². The maximum absolute atomic E-state index is 12.2. The number of H-pyrrole nitrogens is 1. The molecular weight excluding hydrogens is 294 g/mol. The lowest BCUT2D eigenvalue weighted by molar-refractivity contribution is -0.00747. The highest BCUT2D eigenvalue weighted by Gasteiger charge is 2.28. The third-order valence-corrected chi connectivity index (χ3v) is 4.05. The number of nitrogens with zero attached hydrogens (tertiary/aromatic N) is 2. The van der Waals surface area contributed by atoms with E-state index < -0.39 is 0 Å². The third-order valence-electron chi connectivity index (χ3n) is 4.05. The second-order valence-electron chi connectivity index (χ2n) is 5.67. The summed E-state index contributed by atoms with van der Waals surface area (Å²) in [5.41, 5.74) is 2.97. The van der Waals surface area contributed by atoms with Crippen LogP contribution in [0.25, 0.3) is 0 Å². The van der Waals surface area contributed by atoms with E-state index in [1.165, 1.54) is 0 Å². The van der Waals surface area contributed by atoms with E-state index in [0.717, 1.165) is 29.7 Å². The van der Waals surface area contributed by atoms with Gasteiger partial charge in [0, 0.05) is 36.8 Å². The molecule has 1 saturated heterocycles. The van der Waals surface area contributed by atoms with Gasteiger partial charge in [-0.3, -0.25) is 10.1 Å². The number of nitrogens with one attached hydrogen (secondary N) is 3. The molecule has 7 nitrogen and oxygen atoms in total. The van der Waals surface area contributed by atoms with Crippen LogP contribution in [0.4, 0.5) is 4.79 Å². The second-order valence-corrected chi connectivity index (χ2v) is 5.67. The summed E-state index contributed by atoms with van der Waals surface area (Å²) in [4.78, 5) is 16.2. The number of hydrogen-bond acceptors (Lipinski definition) is 4. The molecule has 3 heterocycles. The average Bonchev–Trinajstić information content (AvgIpc) is 2.99. The van der Waals surface area contributed by atoms with E-state index in [0.29, 0.717) is 13.2 Å². The first-order chi connectivity index (χ1) is 11.2. The molecule has 3 rings (SSSR count). The first kappa shape index (κ1) is 15.5. The van der Waals surface area contributed by atoms with Crippen molar-refractivity contribution in [1.82, 2.24) is 25.8 Å². The normalized spacial score (nSPS) is 20.9. The van der Waals surface area contributed by atoms with E-state index in [4.69, 9.17) is 4.74 Å². The van der Waals surface area contributed by atoms with Crippen molar-refractivity contribution in [2.75, 3.05) is 6.61 Å². The Bertz CT molecular complexity index is 643. The number of hydrogen-bond donors (Lipinski definition) is 3. The fraction of sp³-hybridized carbons (Fsp3) is 0.438. The Kier molecular flexibility index (Phi) is 4.87. The molecular formula is C16H21N5O2. The van der Waals surface area contributed by atoms with Gasteiger partial charge in [0.1, 0.15) is 6.10 Å². The number of aromatic nitrogens is 3. The maximum atomic E-state index is 12.2. The minimum atomic E-state index is -0.194. The van der Waals surface area contributed by atoms with Crippen molar-refractivity contribution in [3.05, 3.63) is 47.5 Å². The molecule has 0 saturated carbocycles. The van der Waals surface area contributed by atoms with Crippen molar-refractivity contribution < 1.29 is 9.53 Å². The number of aromatic amines is 1. The van der Waals surface area contributed by atoms with Gasteiger partial charge in [-0.1, -0.05) is 0 Å². The molecule has 3 N–H and O–H groups in total. The van der Waals surface area contributed by atoms with Crippen LogP contribution in [0.15, 0.2) is 30.7 Å². The fourth-order valence-corrected chi connectivity index (χ4v) is 2.76. The maximum Gasteiger partial charge on any atom is 0.315 e. The molecule has 23 heavy (non-hydrogen) atoms. The van der Waals surface area contributed by atoms with E-state index in [1.54, 1.807) is 18.6 Å². The lowest BCUT2D eigenvalue weighted by Crippen LogP contribution is -2.46. The summed E-state index contributed by atoms with van der Waals surface area (Å²) in [6, 6.07) is 3.62. The summed E-state index contributed by atoms with van der Waals surface area (Å²) in [5, 5.41) is 12.7. The molecule has 1 fully saturated rings. The van der Waals surface area contributed by atoms with Crippen LogP contribution in [-0.2, 0) is 11.3 Å². The zero-order valence-corrected chi connectivity index (χ0v) is 13.1.